The van der Waals surface area contributed by atoms with Crippen LogP contribution in [0.2, 0.25) is 0 Å². The molecular formula is C10H17N5S2. The molecule has 0 saturated carbocycles. The zero-order valence-corrected chi connectivity index (χ0v) is 11.2. The van der Waals surface area contributed by atoms with Crippen LogP contribution in [0.3, 0.4) is 0 Å². The van der Waals surface area contributed by atoms with Crippen LogP contribution >= 0.6 is 23.6 Å². The third-order valence-electron chi connectivity index (χ3n) is 2.58. The molecule has 2 heterocycles. The lowest BCUT2D eigenvalue weighted by Crippen LogP contribution is -2.46. The number of anilines is 1. The normalized spacial score (nSPS) is 16.7. The minimum absolute atomic E-state index is 0.648. The first kappa shape index (κ1) is 12.7. The SMILES string of the molecule is S=C(NCCN1CCNCC1)Nc1nccs1. The number of nitrogens with zero attached hydrogens (tertiary/aromatic N) is 2. The van der Waals surface area contributed by atoms with E-state index in [1.165, 1.54) is 0 Å². The lowest BCUT2D eigenvalue weighted by molar-refractivity contribution is 0.245. The van der Waals surface area contributed by atoms with Crippen LogP contribution in [0.4, 0.5) is 5.13 Å². The highest BCUT2D eigenvalue weighted by atomic mass is 32.1. The quantitative estimate of drug-likeness (QED) is 0.687. The van der Waals surface area contributed by atoms with Crippen molar-refractivity contribution in [3.63, 3.8) is 0 Å². The van der Waals surface area contributed by atoms with Gasteiger partial charge in [-0.25, -0.2) is 4.98 Å². The molecule has 0 aliphatic carbocycles. The maximum absolute atomic E-state index is 5.18. The van der Waals surface area contributed by atoms with Gasteiger partial charge < -0.3 is 16.0 Å². The van der Waals surface area contributed by atoms with Crippen molar-refractivity contribution in [2.45, 2.75) is 0 Å². The minimum Gasteiger partial charge on any atom is -0.361 e. The van der Waals surface area contributed by atoms with E-state index in [2.05, 4.69) is 25.8 Å². The smallest absolute Gasteiger partial charge is 0.188 e. The number of hydrogen-bond acceptors (Lipinski definition) is 5. The van der Waals surface area contributed by atoms with Crippen molar-refractivity contribution in [1.29, 1.82) is 0 Å². The zero-order valence-electron chi connectivity index (χ0n) is 9.61. The Kier molecular flexibility index (Phi) is 5.11. The first-order valence-corrected chi connectivity index (χ1v) is 7.01. The predicted molar refractivity (Wildman–Crippen MR) is 75.6 cm³/mol. The summed E-state index contributed by atoms with van der Waals surface area (Å²) in [5.41, 5.74) is 0. The van der Waals surface area contributed by atoms with E-state index >= 15 is 0 Å². The van der Waals surface area contributed by atoms with Crippen molar-refractivity contribution in [2.75, 3.05) is 44.6 Å². The number of thiazole rings is 1. The van der Waals surface area contributed by atoms with Crippen molar-refractivity contribution in [3.8, 4) is 0 Å². The highest BCUT2D eigenvalue weighted by Crippen LogP contribution is 2.09. The van der Waals surface area contributed by atoms with Crippen LogP contribution in [0.5, 0.6) is 0 Å². The Morgan fingerprint density at radius 1 is 1.53 bits per heavy atom. The van der Waals surface area contributed by atoms with Gasteiger partial charge in [0, 0.05) is 50.8 Å². The van der Waals surface area contributed by atoms with E-state index in [1.54, 1.807) is 17.5 Å². The summed E-state index contributed by atoms with van der Waals surface area (Å²) in [6, 6.07) is 0. The molecular weight excluding hydrogens is 254 g/mol. The summed E-state index contributed by atoms with van der Waals surface area (Å²) in [5.74, 6) is 0. The first-order valence-electron chi connectivity index (χ1n) is 5.72. The maximum atomic E-state index is 5.18. The largest absolute Gasteiger partial charge is 0.361 e. The number of piperazine rings is 1. The fourth-order valence-electron chi connectivity index (χ4n) is 1.69. The van der Waals surface area contributed by atoms with E-state index in [4.69, 9.17) is 12.2 Å². The van der Waals surface area contributed by atoms with Gasteiger partial charge in [-0.15, -0.1) is 11.3 Å². The van der Waals surface area contributed by atoms with Gasteiger partial charge in [-0.2, -0.15) is 0 Å². The van der Waals surface area contributed by atoms with Gasteiger partial charge in [0.1, 0.15) is 0 Å². The second kappa shape index (κ2) is 6.85. The van der Waals surface area contributed by atoms with Crippen molar-refractivity contribution >= 4 is 33.8 Å². The van der Waals surface area contributed by atoms with Gasteiger partial charge in [0.05, 0.1) is 0 Å². The van der Waals surface area contributed by atoms with Crippen molar-refractivity contribution in [1.82, 2.24) is 20.5 Å². The molecule has 0 atom stereocenters. The Morgan fingerprint density at radius 3 is 3.06 bits per heavy atom. The molecule has 1 saturated heterocycles. The van der Waals surface area contributed by atoms with Crippen LogP contribution in [-0.2, 0) is 0 Å². The van der Waals surface area contributed by atoms with E-state index in [9.17, 15) is 0 Å². The van der Waals surface area contributed by atoms with Crippen LogP contribution in [0, 0.1) is 0 Å². The van der Waals surface area contributed by atoms with Gasteiger partial charge in [-0.1, -0.05) is 0 Å². The van der Waals surface area contributed by atoms with Gasteiger partial charge in [0.15, 0.2) is 10.2 Å². The van der Waals surface area contributed by atoms with Gasteiger partial charge in [-0.05, 0) is 12.2 Å². The molecule has 1 aromatic rings. The molecule has 3 N–H and O–H groups in total. The second-order valence-corrected chi connectivity index (χ2v) is 5.11. The van der Waals surface area contributed by atoms with Crippen LogP contribution in [0.25, 0.3) is 0 Å². The molecule has 0 amide bonds. The monoisotopic (exact) mass is 271 g/mol. The summed E-state index contributed by atoms with van der Waals surface area (Å²) in [6.07, 6.45) is 1.76. The molecule has 7 heteroatoms. The van der Waals surface area contributed by atoms with Gasteiger partial charge in [0.25, 0.3) is 0 Å². The summed E-state index contributed by atoms with van der Waals surface area (Å²) in [4.78, 5) is 6.54. The molecule has 1 aromatic heterocycles. The Hall–Kier alpha value is -0.760. The number of aromatic nitrogens is 1. The Balaban J connectivity index is 1.59. The first-order chi connectivity index (χ1) is 8.34. The summed E-state index contributed by atoms with van der Waals surface area (Å²) < 4.78 is 0. The number of nitrogens with one attached hydrogen (secondary N) is 3. The Bertz CT molecular complexity index is 334. The number of thiocarbonyl (C=S) groups is 1. The molecule has 2 rings (SSSR count). The fourth-order valence-corrected chi connectivity index (χ4v) is 2.49. The van der Waals surface area contributed by atoms with Gasteiger partial charge in [0.2, 0.25) is 0 Å². The summed E-state index contributed by atoms with van der Waals surface area (Å²) in [6.45, 7) is 6.31. The average molecular weight is 271 g/mol. The standard InChI is InChI=1S/C10H17N5S2/c16-9(14-10-13-4-8-17-10)12-3-7-15-5-1-11-2-6-15/h4,8,11H,1-3,5-7H2,(H2,12,13,14,16). The van der Waals surface area contributed by atoms with E-state index < -0.39 is 0 Å². The molecule has 1 aliphatic rings. The van der Waals surface area contributed by atoms with Crippen LogP contribution in [-0.4, -0.2) is 54.3 Å². The lowest BCUT2D eigenvalue weighted by Gasteiger charge is -2.27. The summed E-state index contributed by atoms with van der Waals surface area (Å²) in [5, 5.41) is 13.0. The van der Waals surface area contributed by atoms with Gasteiger partial charge in [-0.3, -0.25) is 4.90 Å². The summed E-state index contributed by atoms with van der Waals surface area (Å²) >= 11 is 6.73. The molecule has 5 nitrogen and oxygen atoms in total. The molecule has 0 radical (unpaired) electrons. The number of hydrogen-bond donors (Lipinski definition) is 3. The molecule has 94 valence electrons. The molecule has 0 bridgehead atoms. The second-order valence-electron chi connectivity index (χ2n) is 3.81. The van der Waals surface area contributed by atoms with Crippen LogP contribution < -0.4 is 16.0 Å². The van der Waals surface area contributed by atoms with Crippen molar-refractivity contribution in [2.24, 2.45) is 0 Å². The zero-order chi connectivity index (χ0) is 11.9. The van der Waals surface area contributed by atoms with Gasteiger partial charge >= 0.3 is 0 Å². The fraction of sp³-hybridized carbons (Fsp3) is 0.600. The molecule has 0 unspecified atom stereocenters. The topological polar surface area (TPSA) is 52.2 Å². The lowest BCUT2D eigenvalue weighted by atomic mass is 10.3. The van der Waals surface area contributed by atoms with E-state index in [1.807, 2.05) is 5.38 Å². The molecule has 17 heavy (non-hydrogen) atoms. The number of rotatable bonds is 4. The third-order valence-corrected chi connectivity index (χ3v) is 3.51. The Labute approximate surface area is 111 Å². The Morgan fingerprint density at radius 2 is 2.35 bits per heavy atom. The maximum Gasteiger partial charge on any atom is 0.188 e. The average Bonchev–Trinajstić information content (AvgIpc) is 2.83. The molecule has 1 fully saturated rings. The van der Waals surface area contributed by atoms with E-state index in [0.29, 0.717) is 5.11 Å². The molecule has 1 aliphatic heterocycles. The highest BCUT2D eigenvalue weighted by Gasteiger charge is 2.08. The predicted octanol–water partition coefficient (Wildman–Crippen LogP) is 0.335. The van der Waals surface area contributed by atoms with Crippen molar-refractivity contribution < 1.29 is 0 Å². The van der Waals surface area contributed by atoms with Crippen molar-refractivity contribution in [3.05, 3.63) is 11.6 Å². The molecule has 0 aromatic carbocycles. The van der Waals surface area contributed by atoms with E-state index in [0.717, 1.165) is 44.4 Å². The van der Waals surface area contributed by atoms with Crippen LogP contribution in [0.15, 0.2) is 11.6 Å². The molecule has 0 spiro atoms. The van der Waals surface area contributed by atoms with Crippen LogP contribution in [0.1, 0.15) is 0 Å². The summed E-state index contributed by atoms with van der Waals surface area (Å²) in [7, 11) is 0. The van der Waals surface area contributed by atoms with E-state index in [-0.39, 0.29) is 0 Å². The minimum atomic E-state index is 0.648. The highest BCUT2D eigenvalue weighted by molar-refractivity contribution is 7.80. The third kappa shape index (κ3) is 4.55.